The second-order valence-electron chi connectivity index (χ2n) is 3.06. The fraction of sp³-hybridized carbons (Fsp3) is 0.800. The van der Waals surface area contributed by atoms with Crippen LogP contribution in [0.5, 0.6) is 0 Å². The highest BCUT2D eigenvalue weighted by molar-refractivity contribution is 5.02. The van der Waals surface area contributed by atoms with Gasteiger partial charge in [0.1, 0.15) is 0 Å². The van der Waals surface area contributed by atoms with Crippen LogP contribution in [0.3, 0.4) is 0 Å². The number of rotatable bonds is 4. The lowest BCUT2D eigenvalue weighted by atomic mass is 10.1. The Morgan fingerprint density at radius 1 is 1.17 bits per heavy atom. The van der Waals surface area contributed by atoms with E-state index in [1.807, 2.05) is 6.92 Å². The lowest BCUT2D eigenvalue weighted by molar-refractivity contribution is 0.0850. The molecule has 0 aliphatic carbocycles. The van der Waals surface area contributed by atoms with Crippen molar-refractivity contribution in [3.8, 4) is 11.8 Å². The molecule has 68 valence electrons. The molecule has 0 aromatic heterocycles. The third-order valence-corrected chi connectivity index (χ3v) is 1.89. The summed E-state index contributed by atoms with van der Waals surface area (Å²) in [6.07, 6.45) is 4.93. The second-order valence-corrected chi connectivity index (χ2v) is 3.06. The molecule has 0 amide bonds. The maximum Gasteiger partial charge on any atom is 0.244 e. The van der Waals surface area contributed by atoms with Gasteiger partial charge >= 0.3 is 0 Å². The Morgan fingerprint density at radius 2 is 1.92 bits per heavy atom. The van der Waals surface area contributed by atoms with E-state index in [-0.39, 0.29) is 5.79 Å². The standard InChI is InChI=1S/C10H16O2/c1-3-5-7-9-10(11-12-10)8-6-4-2/h3-4,6,8-9H2,1-2H3. The SMILES string of the molecule is CCC#CCC1(CCCC)OO1. The van der Waals surface area contributed by atoms with Crippen LogP contribution in [0.4, 0.5) is 0 Å². The van der Waals surface area contributed by atoms with E-state index < -0.39 is 0 Å². The van der Waals surface area contributed by atoms with Crippen molar-refractivity contribution in [2.75, 3.05) is 0 Å². The summed E-state index contributed by atoms with van der Waals surface area (Å²) in [6.45, 7) is 4.20. The fourth-order valence-corrected chi connectivity index (χ4v) is 1.06. The quantitative estimate of drug-likeness (QED) is 0.366. The van der Waals surface area contributed by atoms with Crippen LogP contribution in [0.2, 0.25) is 0 Å². The van der Waals surface area contributed by atoms with Gasteiger partial charge in [-0.2, -0.15) is 9.78 Å². The highest BCUT2D eigenvalue weighted by Crippen LogP contribution is 2.37. The van der Waals surface area contributed by atoms with Gasteiger partial charge in [-0.25, -0.2) is 0 Å². The zero-order chi connectivity index (χ0) is 8.86. The van der Waals surface area contributed by atoms with E-state index in [4.69, 9.17) is 9.78 Å². The van der Waals surface area contributed by atoms with Crippen LogP contribution in [-0.4, -0.2) is 5.79 Å². The van der Waals surface area contributed by atoms with Crippen molar-refractivity contribution in [3.05, 3.63) is 0 Å². The molecular weight excluding hydrogens is 152 g/mol. The Morgan fingerprint density at radius 3 is 2.42 bits per heavy atom. The molecule has 0 aromatic rings. The third kappa shape index (κ3) is 2.84. The summed E-state index contributed by atoms with van der Waals surface area (Å²) in [5.74, 6) is 5.74. The topological polar surface area (TPSA) is 25.1 Å². The lowest BCUT2D eigenvalue weighted by Crippen LogP contribution is -2.08. The van der Waals surface area contributed by atoms with E-state index in [0.717, 1.165) is 25.7 Å². The summed E-state index contributed by atoms with van der Waals surface area (Å²) >= 11 is 0. The van der Waals surface area contributed by atoms with Gasteiger partial charge in [0.15, 0.2) is 0 Å². The average molecular weight is 168 g/mol. The predicted molar refractivity (Wildman–Crippen MR) is 47.1 cm³/mol. The fourth-order valence-electron chi connectivity index (χ4n) is 1.06. The molecule has 0 unspecified atom stereocenters. The van der Waals surface area contributed by atoms with Crippen LogP contribution >= 0.6 is 0 Å². The summed E-state index contributed by atoms with van der Waals surface area (Å²) in [4.78, 5) is 9.88. The minimum atomic E-state index is -0.321. The van der Waals surface area contributed by atoms with E-state index in [1.165, 1.54) is 6.42 Å². The molecule has 0 N–H and O–H groups in total. The molecule has 1 saturated heterocycles. The molecule has 1 aliphatic heterocycles. The summed E-state index contributed by atoms with van der Waals surface area (Å²) in [7, 11) is 0. The van der Waals surface area contributed by atoms with Gasteiger partial charge in [0.2, 0.25) is 5.79 Å². The molecule has 2 nitrogen and oxygen atoms in total. The molecule has 12 heavy (non-hydrogen) atoms. The van der Waals surface area contributed by atoms with Gasteiger partial charge < -0.3 is 0 Å². The van der Waals surface area contributed by atoms with Crippen LogP contribution in [0.15, 0.2) is 0 Å². The van der Waals surface area contributed by atoms with Crippen LogP contribution in [0.1, 0.15) is 46.0 Å². The number of hydrogen-bond donors (Lipinski definition) is 0. The summed E-state index contributed by atoms with van der Waals surface area (Å²) in [5.41, 5.74) is 0. The van der Waals surface area contributed by atoms with Gasteiger partial charge in [0.05, 0.1) is 6.42 Å². The Balaban J connectivity index is 2.20. The second kappa shape index (κ2) is 4.49. The van der Waals surface area contributed by atoms with Crippen LogP contribution < -0.4 is 0 Å². The van der Waals surface area contributed by atoms with Crippen molar-refractivity contribution in [2.24, 2.45) is 0 Å². The van der Waals surface area contributed by atoms with Crippen LogP contribution in [-0.2, 0) is 9.78 Å². The Labute approximate surface area is 74.2 Å². The van der Waals surface area contributed by atoms with Gasteiger partial charge in [-0.15, -0.1) is 5.92 Å². The Bertz CT molecular complexity index is 184. The smallest absolute Gasteiger partial charge is 0.194 e. The number of unbranched alkanes of at least 4 members (excludes halogenated alkanes) is 1. The average Bonchev–Trinajstić information content (AvgIpc) is 2.83. The molecular formula is C10H16O2. The van der Waals surface area contributed by atoms with E-state index in [0.29, 0.717) is 0 Å². The minimum absolute atomic E-state index is 0.321. The first-order valence-corrected chi connectivity index (χ1v) is 4.65. The van der Waals surface area contributed by atoms with E-state index >= 15 is 0 Å². The molecule has 2 heteroatoms. The molecule has 0 aromatic carbocycles. The molecule has 1 rings (SSSR count). The van der Waals surface area contributed by atoms with Gasteiger partial charge in [-0.3, -0.25) is 0 Å². The van der Waals surface area contributed by atoms with Crippen molar-refractivity contribution in [1.82, 2.24) is 0 Å². The summed E-state index contributed by atoms with van der Waals surface area (Å²) < 4.78 is 0. The molecule has 1 heterocycles. The van der Waals surface area contributed by atoms with E-state index in [1.54, 1.807) is 0 Å². The zero-order valence-corrected chi connectivity index (χ0v) is 7.85. The normalized spacial score (nSPS) is 18.2. The minimum Gasteiger partial charge on any atom is -0.194 e. The summed E-state index contributed by atoms with van der Waals surface area (Å²) in [6, 6.07) is 0. The highest BCUT2D eigenvalue weighted by atomic mass is 17.4. The lowest BCUT2D eigenvalue weighted by Gasteiger charge is -1.99. The van der Waals surface area contributed by atoms with Crippen molar-refractivity contribution in [2.45, 2.75) is 51.7 Å². The molecule has 0 spiro atoms. The van der Waals surface area contributed by atoms with Crippen molar-refractivity contribution in [1.29, 1.82) is 0 Å². The number of hydrogen-bond acceptors (Lipinski definition) is 2. The zero-order valence-electron chi connectivity index (χ0n) is 7.85. The van der Waals surface area contributed by atoms with Gasteiger partial charge in [0, 0.05) is 12.8 Å². The van der Waals surface area contributed by atoms with Crippen molar-refractivity contribution >= 4 is 0 Å². The molecule has 1 fully saturated rings. The van der Waals surface area contributed by atoms with Gasteiger partial charge in [-0.05, 0) is 6.42 Å². The molecule has 0 saturated carbocycles. The third-order valence-electron chi connectivity index (χ3n) is 1.89. The Kier molecular flexibility index (Phi) is 3.58. The van der Waals surface area contributed by atoms with E-state index in [2.05, 4.69) is 18.8 Å². The maximum absolute atomic E-state index is 4.94. The largest absolute Gasteiger partial charge is 0.244 e. The van der Waals surface area contributed by atoms with Crippen molar-refractivity contribution < 1.29 is 9.78 Å². The van der Waals surface area contributed by atoms with Gasteiger partial charge in [0.25, 0.3) is 0 Å². The molecule has 0 atom stereocenters. The van der Waals surface area contributed by atoms with E-state index in [9.17, 15) is 0 Å². The monoisotopic (exact) mass is 168 g/mol. The molecule has 0 bridgehead atoms. The first kappa shape index (κ1) is 9.57. The molecule has 0 radical (unpaired) electrons. The predicted octanol–water partition coefficient (Wildman–Crippen LogP) is 2.64. The first-order valence-electron chi connectivity index (χ1n) is 4.65. The van der Waals surface area contributed by atoms with Crippen LogP contribution in [0, 0.1) is 11.8 Å². The van der Waals surface area contributed by atoms with Crippen molar-refractivity contribution in [3.63, 3.8) is 0 Å². The first-order chi connectivity index (χ1) is 5.83. The molecule has 1 aliphatic rings. The highest BCUT2D eigenvalue weighted by Gasteiger charge is 2.47. The van der Waals surface area contributed by atoms with Gasteiger partial charge in [-0.1, -0.05) is 26.2 Å². The maximum atomic E-state index is 4.94. The summed E-state index contributed by atoms with van der Waals surface area (Å²) in [5, 5.41) is 0. The van der Waals surface area contributed by atoms with Crippen LogP contribution in [0.25, 0.3) is 0 Å². The Hall–Kier alpha value is -0.520.